The molecular formula is C22H26FN3O3. The lowest BCUT2D eigenvalue weighted by atomic mass is 9.88. The highest BCUT2D eigenvalue weighted by Crippen LogP contribution is 2.32. The molecule has 1 N–H and O–H groups in total. The Bertz CT molecular complexity index is 823. The molecular weight excluding hydrogens is 373 g/mol. The molecule has 4 rings (SSSR count). The fraction of sp³-hybridized carbons (Fsp3) is 0.455. The molecule has 29 heavy (non-hydrogen) atoms. The smallest absolute Gasteiger partial charge is 0.256 e. The number of amides is 1. The lowest BCUT2D eigenvalue weighted by Gasteiger charge is -2.47. The van der Waals surface area contributed by atoms with Gasteiger partial charge in [0.2, 0.25) is 0 Å². The van der Waals surface area contributed by atoms with Crippen molar-refractivity contribution in [2.75, 3.05) is 32.8 Å². The Morgan fingerprint density at radius 1 is 1.14 bits per heavy atom. The number of ether oxygens (including phenoxy) is 1. The van der Waals surface area contributed by atoms with Crippen LogP contribution in [0.5, 0.6) is 0 Å². The molecule has 2 aliphatic rings. The molecule has 2 aromatic rings. The number of piperidine rings is 1. The zero-order chi connectivity index (χ0) is 20.3. The number of pyridine rings is 1. The number of aromatic nitrogens is 1. The van der Waals surface area contributed by atoms with Gasteiger partial charge in [0.15, 0.2) is 6.10 Å². The molecule has 6 nitrogen and oxygen atoms in total. The Labute approximate surface area is 169 Å². The summed E-state index contributed by atoms with van der Waals surface area (Å²) in [6.07, 6.45) is 3.83. The Balaban J connectivity index is 1.34. The maximum absolute atomic E-state index is 13.1. The van der Waals surface area contributed by atoms with Gasteiger partial charge in [-0.15, -0.1) is 0 Å². The molecule has 0 bridgehead atoms. The molecule has 0 saturated carbocycles. The van der Waals surface area contributed by atoms with Gasteiger partial charge in [0.1, 0.15) is 5.82 Å². The van der Waals surface area contributed by atoms with E-state index in [1.807, 2.05) is 24.5 Å². The number of morpholine rings is 1. The number of carbonyl (C=O) groups is 1. The van der Waals surface area contributed by atoms with Crippen LogP contribution in [0, 0.1) is 5.82 Å². The highest BCUT2D eigenvalue weighted by atomic mass is 19.1. The van der Waals surface area contributed by atoms with Gasteiger partial charge < -0.3 is 14.7 Å². The Morgan fingerprint density at radius 2 is 1.83 bits per heavy atom. The molecule has 1 amide bonds. The van der Waals surface area contributed by atoms with Gasteiger partial charge in [-0.3, -0.25) is 14.7 Å². The summed E-state index contributed by atoms with van der Waals surface area (Å²) in [7, 11) is 0. The van der Waals surface area contributed by atoms with Crippen molar-refractivity contribution in [2.45, 2.75) is 31.1 Å². The number of hydrogen-bond acceptors (Lipinski definition) is 5. The number of carbonyl (C=O) groups excluding carboxylic acids is 1. The number of halogens is 1. The summed E-state index contributed by atoms with van der Waals surface area (Å²) in [5.74, 6) is -0.727. The summed E-state index contributed by atoms with van der Waals surface area (Å²) in [5, 5.41) is 10.4. The van der Waals surface area contributed by atoms with Gasteiger partial charge in [0, 0.05) is 45.1 Å². The summed E-state index contributed by atoms with van der Waals surface area (Å²) in [4.78, 5) is 20.8. The molecule has 1 aromatic carbocycles. The van der Waals surface area contributed by atoms with Crippen molar-refractivity contribution in [2.24, 2.45) is 0 Å². The molecule has 154 valence electrons. The lowest BCUT2D eigenvalue weighted by Crippen LogP contribution is -2.57. The van der Waals surface area contributed by atoms with Crippen LogP contribution in [0.3, 0.4) is 0 Å². The normalized spacial score (nSPS) is 20.6. The van der Waals surface area contributed by atoms with E-state index in [0.29, 0.717) is 25.3 Å². The summed E-state index contributed by atoms with van der Waals surface area (Å²) in [5.41, 5.74) is 1.39. The number of aliphatic hydroxyl groups is 1. The van der Waals surface area contributed by atoms with Crippen molar-refractivity contribution in [3.8, 4) is 0 Å². The second-order valence-electron chi connectivity index (χ2n) is 7.88. The van der Waals surface area contributed by atoms with Crippen LogP contribution in [0.1, 0.15) is 30.1 Å². The first kappa shape index (κ1) is 19.9. The van der Waals surface area contributed by atoms with Crippen LogP contribution in [0.15, 0.2) is 48.8 Å². The van der Waals surface area contributed by atoms with Gasteiger partial charge in [-0.2, -0.15) is 0 Å². The number of rotatable bonds is 4. The van der Waals surface area contributed by atoms with E-state index in [4.69, 9.17) is 4.74 Å². The zero-order valence-electron chi connectivity index (χ0n) is 16.3. The third-order valence-electron chi connectivity index (χ3n) is 5.89. The SMILES string of the molecule is O=C(C(O)c1ccc(F)cc1)N1CCC2(CC1)CN(Cc1ccncc1)CCO2. The first-order valence-corrected chi connectivity index (χ1v) is 10.0. The minimum Gasteiger partial charge on any atom is -0.378 e. The second-order valence-corrected chi connectivity index (χ2v) is 7.88. The molecule has 1 unspecified atom stereocenters. The maximum atomic E-state index is 13.1. The number of benzene rings is 1. The van der Waals surface area contributed by atoms with Crippen molar-refractivity contribution in [3.63, 3.8) is 0 Å². The molecule has 0 radical (unpaired) electrons. The van der Waals surface area contributed by atoms with E-state index in [2.05, 4.69) is 9.88 Å². The highest BCUT2D eigenvalue weighted by Gasteiger charge is 2.41. The highest BCUT2D eigenvalue weighted by molar-refractivity contribution is 5.82. The van der Waals surface area contributed by atoms with Gasteiger partial charge in [-0.25, -0.2) is 4.39 Å². The summed E-state index contributed by atoms with van der Waals surface area (Å²) in [6.45, 7) is 4.34. The third kappa shape index (κ3) is 4.63. The van der Waals surface area contributed by atoms with Crippen molar-refractivity contribution in [1.82, 2.24) is 14.8 Å². The molecule has 3 heterocycles. The second kappa shape index (κ2) is 8.57. The average molecular weight is 399 g/mol. The predicted octanol–water partition coefficient (Wildman–Crippen LogP) is 2.15. The van der Waals surface area contributed by atoms with Crippen LogP contribution in [0.25, 0.3) is 0 Å². The molecule has 1 spiro atoms. The first-order valence-electron chi connectivity index (χ1n) is 10.0. The number of hydrogen-bond donors (Lipinski definition) is 1. The molecule has 2 aliphatic heterocycles. The average Bonchev–Trinajstić information content (AvgIpc) is 2.75. The molecule has 2 fully saturated rings. The lowest BCUT2D eigenvalue weighted by molar-refractivity contribution is -0.157. The van der Waals surface area contributed by atoms with Crippen LogP contribution in [0.2, 0.25) is 0 Å². The van der Waals surface area contributed by atoms with E-state index in [9.17, 15) is 14.3 Å². The van der Waals surface area contributed by atoms with E-state index >= 15 is 0 Å². The fourth-order valence-corrected chi connectivity index (χ4v) is 4.20. The minimum atomic E-state index is -1.26. The standard InChI is InChI=1S/C22H26FN3O3/c23-19-3-1-18(2-4-19)20(27)21(28)26-11-7-22(8-12-26)16-25(13-14-29-22)15-17-5-9-24-10-6-17/h1-6,9-10,20,27H,7-8,11-16H2. The van der Waals surface area contributed by atoms with Gasteiger partial charge in [0.25, 0.3) is 5.91 Å². The summed E-state index contributed by atoms with van der Waals surface area (Å²) < 4.78 is 19.2. The molecule has 2 saturated heterocycles. The number of likely N-dealkylation sites (tertiary alicyclic amines) is 1. The fourth-order valence-electron chi connectivity index (χ4n) is 4.20. The Kier molecular flexibility index (Phi) is 5.89. The van der Waals surface area contributed by atoms with E-state index in [-0.39, 0.29) is 17.3 Å². The van der Waals surface area contributed by atoms with Crippen molar-refractivity contribution in [3.05, 3.63) is 65.7 Å². The number of nitrogens with zero attached hydrogens (tertiary/aromatic N) is 3. The Hall–Kier alpha value is -2.35. The van der Waals surface area contributed by atoms with E-state index in [0.717, 1.165) is 32.5 Å². The van der Waals surface area contributed by atoms with Crippen LogP contribution in [-0.4, -0.2) is 64.2 Å². The van der Waals surface area contributed by atoms with E-state index < -0.39 is 6.10 Å². The van der Waals surface area contributed by atoms with Gasteiger partial charge >= 0.3 is 0 Å². The molecule has 0 aliphatic carbocycles. The van der Waals surface area contributed by atoms with Crippen LogP contribution in [0.4, 0.5) is 4.39 Å². The monoisotopic (exact) mass is 399 g/mol. The molecule has 1 aromatic heterocycles. The molecule has 7 heteroatoms. The summed E-state index contributed by atoms with van der Waals surface area (Å²) >= 11 is 0. The van der Waals surface area contributed by atoms with Crippen molar-refractivity contribution < 1.29 is 19.0 Å². The van der Waals surface area contributed by atoms with E-state index in [1.165, 1.54) is 29.8 Å². The van der Waals surface area contributed by atoms with Crippen molar-refractivity contribution in [1.29, 1.82) is 0 Å². The number of aliphatic hydroxyl groups excluding tert-OH is 1. The zero-order valence-corrected chi connectivity index (χ0v) is 16.3. The minimum absolute atomic E-state index is 0.247. The van der Waals surface area contributed by atoms with Gasteiger partial charge in [-0.1, -0.05) is 12.1 Å². The van der Waals surface area contributed by atoms with Crippen LogP contribution in [-0.2, 0) is 16.1 Å². The van der Waals surface area contributed by atoms with Crippen LogP contribution >= 0.6 is 0 Å². The quantitative estimate of drug-likeness (QED) is 0.854. The van der Waals surface area contributed by atoms with Gasteiger partial charge in [0.05, 0.1) is 12.2 Å². The van der Waals surface area contributed by atoms with E-state index in [1.54, 1.807) is 4.90 Å². The van der Waals surface area contributed by atoms with Gasteiger partial charge in [-0.05, 0) is 48.2 Å². The summed E-state index contributed by atoms with van der Waals surface area (Å²) in [6, 6.07) is 9.46. The first-order chi connectivity index (χ1) is 14.0. The predicted molar refractivity (Wildman–Crippen MR) is 105 cm³/mol. The third-order valence-corrected chi connectivity index (χ3v) is 5.89. The topological polar surface area (TPSA) is 65.9 Å². The largest absolute Gasteiger partial charge is 0.378 e. The van der Waals surface area contributed by atoms with Crippen molar-refractivity contribution >= 4 is 5.91 Å². The molecule has 1 atom stereocenters. The maximum Gasteiger partial charge on any atom is 0.256 e. The van der Waals surface area contributed by atoms with Crippen LogP contribution < -0.4 is 0 Å². The Morgan fingerprint density at radius 3 is 2.52 bits per heavy atom.